The average Bonchev–Trinajstić information content (AvgIpc) is 2.88. The van der Waals surface area contributed by atoms with Gasteiger partial charge in [-0.2, -0.15) is 13.2 Å². The van der Waals surface area contributed by atoms with Crippen molar-refractivity contribution >= 4 is 5.84 Å². The van der Waals surface area contributed by atoms with Crippen molar-refractivity contribution in [3.8, 4) is 0 Å². The second-order valence-electron chi connectivity index (χ2n) is 4.64. The van der Waals surface area contributed by atoms with Crippen molar-refractivity contribution < 1.29 is 13.2 Å². The average molecular weight is 271 g/mol. The number of hydrogen-bond donors (Lipinski definition) is 2. The van der Waals surface area contributed by atoms with E-state index in [0.717, 1.165) is 37.8 Å². The zero-order valence-corrected chi connectivity index (χ0v) is 10.4. The smallest absolute Gasteiger partial charge is 0.308 e. The summed E-state index contributed by atoms with van der Waals surface area (Å²) in [5.41, 5.74) is 2.37. The number of rotatable bonds is 2. The quantitative estimate of drug-likeness (QED) is 0.376. The number of amidine groups is 1. The minimum atomic E-state index is -4.32. The molecule has 1 aromatic rings. The molecule has 19 heavy (non-hydrogen) atoms. The van der Waals surface area contributed by atoms with Crippen molar-refractivity contribution in [1.29, 1.82) is 0 Å². The topological polar surface area (TPSA) is 50.4 Å². The number of halogens is 3. The van der Waals surface area contributed by atoms with E-state index in [-0.39, 0.29) is 6.04 Å². The molecule has 0 saturated heterocycles. The lowest BCUT2D eigenvalue weighted by Crippen LogP contribution is -2.32. The summed E-state index contributed by atoms with van der Waals surface area (Å²) in [6.45, 7) is 0. The summed E-state index contributed by atoms with van der Waals surface area (Å²) in [4.78, 5) is 4.46. The van der Waals surface area contributed by atoms with Gasteiger partial charge in [0, 0.05) is 5.56 Å². The molecule has 104 valence electrons. The van der Waals surface area contributed by atoms with Crippen LogP contribution in [-0.2, 0) is 6.18 Å². The monoisotopic (exact) mass is 271 g/mol. The van der Waals surface area contributed by atoms with Crippen molar-refractivity contribution in [1.82, 2.24) is 5.43 Å². The second kappa shape index (κ2) is 5.61. The molecular formula is C13H16F3N3. The molecule has 0 aromatic heterocycles. The van der Waals surface area contributed by atoms with Crippen LogP contribution in [-0.4, -0.2) is 11.9 Å². The Bertz CT molecular complexity index is 445. The van der Waals surface area contributed by atoms with Crippen LogP contribution in [0.3, 0.4) is 0 Å². The van der Waals surface area contributed by atoms with Gasteiger partial charge in [-0.25, -0.2) is 5.84 Å². The highest BCUT2D eigenvalue weighted by molar-refractivity contribution is 5.98. The maximum Gasteiger partial charge on any atom is 0.416 e. The normalized spacial score (nSPS) is 17.8. The lowest BCUT2D eigenvalue weighted by Gasteiger charge is -2.11. The molecule has 0 atom stereocenters. The van der Waals surface area contributed by atoms with Crippen molar-refractivity contribution in [2.24, 2.45) is 10.8 Å². The SMILES string of the molecule is NNC(=NC1CCCC1)c1ccc(C(F)(F)F)cc1. The van der Waals surface area contributed by atoms with Gasteiger partial charge in [-0.05, 0) is 25.0 Å². The number of hydrogen-bond acceptors (Lipinski definition) is 2. The number of aliphatic imine (C=N–C) groups is 1. The van der Waals surface area contributed by atoms with Gasteiger partial charge in [0.1, 0.15) is 5.84 Å². The molecule has 1 saturated carbocycles. The lowest BCUT2D eigenvalue weighted by atomic mass is 10.1. The van der Waals surface area contributed by atoms with E-state index in [1.807, 2.05) is 0 Å². The van der Waals surface area contributed by atoms with Gasteiger partial charge in [-0.15, -0.1) is 0 Å². The van der Waals surface area contributed by atoms with Crippen LogP contribution >= 0.6 is 0 Å². The van der Waals surface area contributed by atoms with Crippen LogP contribution in [0.1, 0.15) is 36.8 Å². The van der Waals surface area contributed by atoms with E-state index in [2.05, 4.69) is 10.4 Å². The number of nitrogens with two attached hydrogens (primary N) is 1. The van der Waals surface area contributed by atoms with E-state index in [1.165, 1.54) is 12.1 Å². The number of nitrogens with one attached hydrogen (secondary N) is 1. The molecule has 3 nitrogen and oxygen atoms in total. The summed E-state index contributed by atoms with van der Waals surface area (Å²) < 4.78 is 37.4. The van der Waals surface area contributed by atoms with Crippen LogP contribution in [0.25, 0.3) is 0 Å². The van der Waals surface area contributed by atoms with Crippen LogP contribution in [0, 0.1) is 0 Å². The minimum Gasteiger partial charge on any atom is -0.308 e. The maximum atomic E-state index is 12.5. The highest BCUT2D eigenvalue weighted by Gasteiger charge is 2.30. The predicted octanol–water partition coefficient (Wildman–Crippen LogP) is 2.86. The first-order valence-corrected chi connectivity index (χ1v) is 6.23. The van der Waals surface area contributed by atoms with E-state index in [1.54, 1.807) is 0 Å². The van der Waals surface area contributed by atoms with Crippen LogP contribution < -0.4 is 11.3 Å². The minimum absolute atomic E-state index is 0.216. The molecule has 0 bridgehead atoms. The molecule has 1 aromatic carbocycles. The first-order chi connectivity index (χ1) is 9.00. The Kier molecular flexibility index (Phi) is 4.09. The Labute approximate surface area is 109 Å². The summed E-state index contributed by atoms with van der Waals surface area (Å²) in [7, 11) is 0. The molecule has 3 N–H and O–H groups in total. The van der Waals surface area contributed by atoms with Crippen molar-refractivity contribution in [2.75, 3.05) is 0 Å². The predicted molar refractivity (Wildman–Crippen MR) is 67.6 cm³/mol. The molecule has 2 rings (SSSR count). The molecule has 0 heterocycles. The molecule has 1 aliphatic carbocycles. The third-order valence-corrected chi connectivity index (χ3v) is 3.26. The van der Waals surface area contributed by atoms with Gasteiger partial charge in [0.15, 0.2) is 0 Å². The summed E-state index contributed by atoms with van der Waals surface area (Å²) in [5.74, 6) is 5.85. The first kappa shape index (κ1) is 13.9. The Balaban J connectivity index is 2.19. The fourth-order valence-electron chi connectivity index (χ4n) is 2.23. The zero-order chi connectivity index (χ0) is 13.9. The fourth-order valence-corrected chi connectivity index (χ4v) is 2.23. The second-order valence-corrected chi connectivity index (χ2v) is 4.64. The van der Waals surface area contributed by atoms with Crippen LogP contribution in [0.5, 0.6) is 0 Å². The van der Waals surface area contributed by atoms with Gasteiger partial charge >= 0.3 is 6.18 Å². The lowest BCUT2D eigenvalue weighted by molar-refractivity contribution is -0.137. The van der Waals surface area contributed by atoms with E-state index in [0.29, 0.717) is 11.4 Å². The Morgan fingerprint density at radius 3 is 2.21 bits per heavy atom. The van der Waals surface area contributed by atoms with Gasteiger partial charge in [0.2, 0.25) is 0 Å². The Hall–Kier alpha value is -1.56. The van der Waals surface area contributed by atoms with Gasteiger partial charge < -0.3 is 5.43 Å². The van der Waals surface area contributed by atoms with Gasteiger partial charge in [-0.3, -0.25) is 4.99 Å². The third kappa shape index (κ3) is 3.47. The van der Waals surface area contributed by atoms with Gasteiger partial charge in [0.05, 0.1) is 11.6 Å². The number of hydrazine groups is 1. The molecule has 0 unspecified atom stereocenters. The molecule has 1 aliphatic rings. The Morgan fingerprint density at radius 2 is 1.74 bits per heavy atom. The van der Waals surface area contributed by atoms with E-state index in [9.17, 15) is 13.2 Å². The van der Waals surface area contributed by atoms with Crippen LogP contribution in [0.15, 0.2) is 29.3 Å². The molecule has 1 fully saturated rings. The number of alkyl halides is 3. The molecule has 0 aliphatic heterocycles. The fraction of sp³-hybridized carbons (Fsp3) is 0.462. The van der Waals surface area contributed by atoms with E-state index in [4.69, 9.17) is 5.84 Å². The van der Waals surface area contributed by atoms with Crippen molar-refractivity contribution in [2.45, 2.75) is 37.9 Å². The highest BCUT2D eigenvalue weighted by atomic mass is 19.4. The highest BCUT2D eigenvalue weighted by Crippen LogP contribution is 2.29. The Morgan fingerprint density at radius 1 is 1.16 bits per heavy atom. The molecule has 6 heteroatoms. The molecule has 0 amide bonds. The van der Waals surface area contributed by atoms with Crippen molar-refractivity contribution in [3.05, 3.63) is 35.4 Å². The van der Waals surface area contributed by atoms with Gasteiger partial charge in [-0.1, -0.05) is 25.0 Å². The summed E-state index contributed by atoms with van der Waals surface area (Å²) in [6, 6.07) is 5.06. The molecular weight excluding hydrogens is 255 g/mol. The van der Waals surface area contributed by atoms with Gasteiger partial charge in [0.25, 0.3) is 0 Å². The zero-order valence-electron chi connectivity index (χ0n) is 10.4. The van der Waals surface area contributed by atoms with Crippen molar-refractivity contribution in [3.63, 3.8) is 0 Å². The van der Waals surface area contributed by atoms with E-state index >= 15 is 0 Å². The van der Waals surface area contributed by atoms with E-state index < -0.39 is 11.7 Å². The summed E-state index contributed by atoms with van der Waals surface area (Å²) in [5, 5.41) is 0. The summed E-state index contributed by atoms with van der Waals surface area (Å²) >= 11 is 0. The summed E-state index contributed by atoms with van der Waals surface area (Å²) in [6.07, 6.45) is -0.0346. The first-order valence-electron chi connectivity index (χ1n) is 6.23. The van der Waals surface area contributed by atoms with Crippen LogP contribution in [0.4, 0.5) is 13.2 Å². The third-order valence-electron chi connectivity index (χ3n) is 3.26. The number of benzene rings is 1. The number of nitrogens with zero attached hydrogens (tertiary/aromatic N) is 1. The largest absolute Gasteiger partial charge is 0.416 e. The van der Waals surface area contributed by atoms with Crippen LogP contribution in [0.2, 0.25) is 0 Å². The maximum absolute atomic E-state index is 12.5. The molecule has 0 radical (unpaired) electrons. The molecule has 0 spiro atoms. The standard InChI is InChI=1S/C13H16F3N3/c14-13(15,16)10-7-5-9(6-8-10)12(19-17)18-11-3-1-2-4-11/h5-8,11H,1-4,17H2,(H,18,19).